The molecule has 0 spiro atoms. The number of esters is 1. The van der Waals surface area contributed by atoms with Gasteiger partial charge >= 0.3 is 5.97 Å². The maximum absolute atomic E-state index is 12.2. The second-order valence-corrected chi connectivity index (χ2v) is 9.32. The third-order valence-corrected chi connectivity index (χ3v) is 5.57. The second kappa shape index (κ2) is 14.7. The van der Waals surface area contributed by atoms with E-state index in [9.17, 15) is 4.79 Å². The number of aryl methyl sites for hydroxylation is 1. The fraction of sp³-hybridized carbons (Fsp3) is 0.536. The van der Waals surface area contributed by atoms with Gasteiger partial charge in [0.05, 0.1) is 27.3 Å². The highest BCUT2D eigenvalue weighted by Gasteiger charge is 2.21. The monoisotopic (exact) mass is 440 g/mol. The standard InChI is InChI=1S/C28H42NO3/c1-4-5-6-7-8-10-14-25-17-19-27(20-18-25)31-21-13-22-32-28(30)24-29(2,3)23-26-15-11-9-12-16-26/h9,11-12,15-20H,4-8,10,13-14,21-24H2,1-3H3/q+1. The molecule has 0 saturated carbocycles. The zero-order valence-electron chi connectivity index (χ0n) is 20.4. The number of quaternary nitrogens is 1. The molecule has 2 aromatic carbocycles. The van der Waals surface area contributed by atoms with Gasteiger partial charge in [-0.2, -0.15) is 0 Å². The molecule has 0 atom stereocenters. The van der Waals surface area contributed by atoms with Crippen LogP contribution in [0.1, 0.15) is 63.0 Å². The van der Waals surface area contributed by atoms with Gasteiger partial charge in [0, 0.05) is 12.0 Å². The molecule has 0 aliphatic rings. The van der Waals surface area contributed by atoms with E-state index in [4.69, 9.17) is 9.47 Å². The maximum atomic E-state index is 12.2. The van der Waals surface area contributed by atoms with E-state index in [-0.39, 0.29) is 5.97 Å². The number of unbranched alkanes of at least 4 members (excludes halogenated alkanes) is 5. The van der Waals surface area contributed by atoms with Crippen LogP contribution in [0.15, 0.2) is 54.6 Å². The van der Waals surface area contributed by atoms with E-state index in [1.54, 1.807) is 0 Å². The molecule has 0 heterocycles. The Morgan fingerprint density at radius 3 is 2.19 bits per heavy atom. The first-order chi connectivity index (χ1) is 15.5. The number of ether oxygens (including phenoxy) is 2. The second-order valence-electron chi connectivity index (χ2n) is 9.32. The van der Waals surface area contributed by atoms with Gasteiger partial charge in [0.1, 0.15) is 12.3 Å². The van der Waals surface area contributed by atoms with Crippen LogP contribution in [0.5, 0.6) is 5.75 Å². The molecule has 0 fully saturated rings. The SMILES string of the molecule is CCCCCCCCc1ccc(OCCCOC(=O)C[N+](C)(C)Cc2ccccc2)cc1. The summed E-state index contributed by atoms with van der Waals surface area (Å²) in [5, 5.41) is 0. The van der Waals surface area contributed by atoms with E-state index in [1.165, 1.54) is 49.7 Å². The van der Waals surface area contributed by atoms with Gasteiger partial charge in [-0.15, -0.1) is 0 Å². The van der Waals surface area contributed by atoms with E-state index >= 15 is 0 Å². The summed E-state index contributed by atoms with van der Waals surface area (Å²) in [6, 6.07) is 18.6. The Bertz CT molecular complexity index is 756. The van der Waals surface area contributed by atoms with Crippen LogP contribution in [0.3, 0.4) is 0 Å². The molecule has 0 aromatic heterocycles. The molecule has 0 radical (unpaired) electrons. The van der Waals surface area contributed by atoms with E-state index < -0.39 is 0 Å². The summed E-state index contributed by atoms with van der Waals surface area (Å²) in [5.41, 5.74) is 2.59. The van der Waals surface area contributed by atoms with Crippen LogP contribution in [0.25, 0.3) is 0 Å². The lowest BCUT2D eigenvalue weighted by atomic mass is 10.0. The molecular formula is C28H42NO3+. The van der Waals surface area contributed by atoms with Gasteiger partial charge < -0.3 is 14.0 Å². The van der Waals surface area contributed by atoms with Crippen molar-refractivity contribution in [1.29, 1.82) is 0 Å². The Balaban J connectivity index is 1.55. The first-order valence-corrected chi connectivity index (χ1v) is 12.2. The zero-order valence-corrected chi connectivity index (χ0v) is 20.4. The largest absolute Gasteiger partial charge is 0.493 e. The van der Waals surface area contributed by atoms with Crippen LogP contribution >= 0.6 is 0 Å². The highest BCUT2D eigenvalue weighted by Crippen LogP contribution is 2.15. The Morgan fingerprint density at radius 1 is 0.781 bits per heavy atom. The minimum absolute atomic E-state index is 0.162. The molecule has 4 heteroatoms. The summed E-state index contributed by atoms with van der Waals surface area (Å²) >= 11 is 0. The van der Waals surface area contributed by atoms with Crippen molar-refractivity contribution in [2.45, 2.75) is 64.8 Å². The minimum atomic E-state index is -0.162. The molecular weight excluding hydrogens is 398 g/mol. The van der Waals surface area contributed by atoms with Crippen molar-refractivity contribution in [2.24, 2.45) is 0 Å². The molecule has 0 N–H and O–H groups in total. The fourth-order valence-electron chi connectivity index (χ4n) is 3.83. The Hall–Kier alpha value is -2.33. The molecule has 2 aromatic rings. The third-order valence-electron chi connectivity index (χ3n) is 5.57. The number of carbonyl (C=O) groups is 1. The number of benzene rings is 2. The number of carbonyl (C=O) groups excluding carboxylic acids is 1. The van der Waals surface area contributed by atoms with E-state index in [1.807, 2.05) is 44.4 Å². The summed E-state index contributed by atoms with van der Waals surface area (Å²) in [5.74, 6) is 0.716. The van der Waals surface area contributed by atoms with Gasteiger partial charge in [-0.05, 0) is 30.5 Å². The molecule has 0 aliphatic heterocycles. The van der Waals surface area contributed by atoms with Crippen molar-refractivity contribution in [2.75, 3.05) is 33.9 Å². The average molecular weight is 441 g/mol. The van der Waals surface area contributed by atoms with Crippen molar-refractivity contribution in [3.8, 4) is 5.75 Å². The average Bonchev–Trinajstić information content (AvgIpc) is 2.77. The van der Waals surface area contributed by atoms with Crippen LogP contribution in [-0.4, -0.2) is 44.3 Å². The molecule has 32 heavy (non-hydrogen) atoms. The predicted molar refractivity (Wildman–Crippen MR) is 132 cm³/mol. The molecule has 2 rings (SSSR count). The van der Waals surface area contributed by atoms with Crippen molar-refractivity contribution in [1.82, 2.24) is 0 Å². The van der Waals surface area contributed by atoms with E-state index in [0.717, 1.165) is 18.7 Å². The number of rotatable bonds is 16. The lowest BCUT2D eigenvalue weighted by molar-refractivity contribution is -0.896. The fourth-order valence-corrected chi connectivity index (χ4v) is 3.83. The summed E-state index contributed by atoms with van der Waals surface area (Å²) in [6.07, 6.45) is 9.79. The van der Waals surface area contributed by atoms with Gasteiger partial charge in [-0.25, -0.2) is 4.79 Å². The van der Waals surface area contributed by atoms with Crippen molar-refractivity contribution < 1.29 is 18.8 Å². The summed E-state index contributed by atoms with van der Waals surface area (Å²) in [4.78, 5) is 12.2. The van der Waals surface area contributed by atoms with E-state index in [2.05, 4.69) is 31.2 Å². The molecule has 0 amide bonds. The summed E-state index contributed by atoms with van der Waals surface area (Å²) in [7, 11) is 4.10. The normalized spacial score (nSPS) is 11.3. The quantitative estimate of drug-likeness (QED) is 0.178. The van der Waals surface area contributed by atoms with Crippen LogP contribution in [-0.2, 0) is 22.5 Å². The van der Waals surface area contributed by atoms with Gasteiger partial charge in [-0.1, -0.05) is 81.5 Å². The minimum Gasteiger partial charge on any atom is -0.493 e. The van der Waals surface area contributed by atoms with Crippen LogP contribution < -0.4 is 4.74 Å². The Labute approximate surface area is 195 Å². The lowest BCUT2D eigenvalue weighted by Gasteiger charge is -2.28. The molecule has 176 valence electrons. The molecule has 0 saturated heterocycles. The van der Waals surface area contributed by atoms with Gasteiger partial charge in [-0.3, -0.25) is 0 Å². The summed E-state index contributed by atoms with van der Waals surface area (Å²) in [6.45, 7) is 4.35. The van der Waals surface area contributed by atoms with Crippen molar-refractivity contribution in [3.05, 3.63) is 65.7 Å². The maximum Gasteiger partial charge on any atom is 0.361 e. The molecule has 0 bridgehead atoms. The Morgan fingerprint density at radius 2 is 1.47 bits per heavy atom. The number of likely N-dealkylation sites (N-methyl/N-ethyl adjacent to an activating group) is 1. The first-order valence-electron chi connectivity index (χ1n) is 12.2. The number of hydrogen-bond donors (Lipinski definition) is 0. The smallest absolute Gasteiger partial charge is 0.361 e. The highest BCUT2D eigenvalue weighted by atomic mass is 16.5. The predicted octanol–water partition coefficient (Wildman–Crippen LogP) is 6.18. The summed E-state index contributed by atoms with van der Waals surface area (Å²) < 4.78 is 11.8. The topological polar surface area (TPSA) is 35.5 Å². The number of nitrogens with zero attached hydrogens (tertiary/aromatic N) is 1. The molecule has 0 unspecified atom stereocenters. The van der Waals surface area contributed by atoms with Crippen LogP contribution in [0.2, 0.25) is 0 Å². The highest BCUT2D eigenvalue weighted by molar-refractivity contribution is 5.70. The lowest BCUT2D eigenvalue weighted by Crippen LogP contribution is -2.43. The van der Waals surface area contributed by atoms with Gasteiger partial charge in [0.2, 0.25) is 0 Å². The van der Waals surface area contributed by atoms with Crippen molar-refractivity contribution >= 4 is 5.97 Å². The van der Waals surface area contributed by atoms with Crippen LogP contribution in [0.4, 0.5) is 0 Å². The van der Waals surface area contributed by atoms with Gasteiger partial charge in [0.15, 0.2) is 6.54 Å². The zero-order chi connectivity index (χ0) is 23.1. The Kier molecular flexibility index (Phi) is 11.9. The number of hydrogen-bond acceptors (Lipinski definition) is 3. The van der Waals surface area contributed by atoms with Crippen LogP contribution in [0, 0.1) is 0 Å². The molecule has 0 aliphatic carbocycles. The van der Waals surface area contributed by atoms with Gasteiger partial charge in [0.25, 0.3) is 0 Å². The first kappa shape index (κ1) is 25.9. The van der Waals surface area contributed by atoms with E-state index in [0.29, 0.717) is 30.7 Å². The molecule has 4 nitrogen and oxygen atoms in total. The third kappa shape index (κ3) is 11.3. The van der Waals surface area contributed by atoms with Crippen molar-refractivity contribution in [3.63, 3.8) is 0 Å².